The van der Waals surface area contributed by atoms with Gasteiger partial charge >= 0.3 is 5.69 Å². The molecule has 2 aromatic rings. The highest BCUT2D eigenvalue weighted by Crippen LogP contribution is 2.28. The number of phenolic OH excluding ortho intramolecular Hbond substituents is 1. The minimum atomic E-state index is -0.764. The van der Waals surface area contributed by atoms with Gasteiger partial charge in [-0.3, -0.25) is 14.9 Å². The van der Waals surface area contributed by atoms with Crippen LogP contribution in [0.15, 0.2) is 36.4 Å². The number of halogens is 1. The Hall–Kier alpha value is -3.00. The van der Waals surface area contributed by atoms with Crippen LogP contribution < -0.4 is 5.32 Å². The van der Waals surface area contributed by atoms with E-state index in [1.54, 1.807) is 0 Å². The molecular formula is C15H13FN2O5. The molecule has 0 aliphatic rings. The minimum absolute atomic E-state index is 0.0115. The maximum absolute atomic E-state index is 13.5. The van der Waals surface area contributed by atoms with Crippen LogP contribution in [0.25, 0.3) is 0 Å². The maximum atomic E-state index is 13.5. The number of methoxy groups -OCH3 is 1. The van der Waals surface area contributed by atoms with Crippen molar-refractivity contribution in [2.75, 3.05) is 12.4 Å². The van der Waals surface area contributed by atoms with Crippen molar-refractivity contribution in [3.05, 3.63) is 63.5 Å². The molecule has 0 heterocycles. The second kappa shape index (κ2) is 6.84. The van der Waals surface area contributed by atoms with Crippen LogP contribution in [0.5, 0.6) is 5.75 Å². The van der Waals surface area contributed by atoms with Gasteiger partial charge in [0.2, 0.25) is 0 Å². The van der Waals surface area contributed by atoms with Gasteiger partial charge in [0.1, 0.15) is 5.82 Å². The summed E-state index contributed by atoms with van der Waals surface area (Å²) in [5, 5.41) is 22.6. The molecule has 0 atom stereocenters. The van der Waals surface area contributed by atoms with Crippen LogP contribution in [-0.2, 0) is 11.3 Å². The zero-order valence-electron chi connectivity index (χ0n) is 12.1. The monoisotopic (exact) mass is 320 g/mol. The number of benzene rings is 2. The summed E-state index contributed by atoms with van der Waals surface area (Å²) in [6, 6.07) is 7.23. The fraction of sp³-hybridized carbons (Fsp3) is 0.133. The molecule has 0 saturated heterocycles. The van der Waals surface area contributed by atoms with Crippen LogP contribution in [0.3, 0.4) is 0 Å². The van der Waals surface area contributed by atoms with Gasteiger partial charge in [0, 0.05) is 30.0 Å². The van der Waals surface area contributed by atoms with Gasteiger partial charge in [-0.2, -0.15) is 0 Å². The third-order valence-electron chi connectivity index (χ3n) is 3.04. The van der Waals surface area contributed by atoms with Gasteiger partial charge in [0.05, 0.1) is 11.5 Å². The molecule has 2 rings (SSSR count). The third kappa shape index (κ3) is 3.80. The molecule has 8 heteroatoms. The molecule has 0 bridgehead atoms. The quantitative estimate of drug-likeness (QED) is 0.501. The van der Waals surface area contributed by atoms with Crippen LogP contribution in [0.4, 0.5) is 15.8 Å². The Labute approximate surface area is 130 Å². The fourth-order valence-corrected chi connectivity index (χ4v) is 1.93. The van der Waals surface area contributed by atoms with Crippen molar-refractivity contribution in [3.8, 4) is 5.75 Å². The Bertz CT molecular complexity index is 764. The average Bonchev–Trinajstić information content (AvgIpc) is 2.51. The van der Waals surface area contributed by atoms with Crippen LogP contribution in [0, 0.1) is 15.9 Å². The molecule has 0 aliphatic heterocycles. The molecular weight excluding hydrogens is 307 g/mol. The molecule has 0 aliphatic carbocycles. The highest BCUT2D eigenvalue weighted by Gasteiger charge is 2.16. The van der Waals surface area contributed by atoms with E-state index in [-0.39, 0.29) is 23.4 Å². The highest BCUT2D eigenvalue weighted by atomic mass is 19.1. The van der Waals surface area contributed by atoms with E-state index in [2.05, 4.69) is 5.32 Å². The molecule has 0 aromatic heterocycles. The number of rotatable bonds is 5. The first-order valence-corrected chi connectivity index (χ1v) is 6.48. The topological polar surface area (TPSA) is 102 Å². The molecule has 7 nitrogen and oxygen atoms in total. The predicted molar refractivity (Wildman–Crippen MR) is 79.8 cm³/mol. The average molecular weight is 320 g/mol. The SMILES string of the molecule is COCc1cc(C(=O)Nc2ccc(O)c([N+](=O)[O-])c2)ccc1F. The molecule has 2 N–H and O–H groups in total. The number of nitrogens with one attached hydrogen (secondary N) is 1. The van der Waals surface area contributed by atoms with E-state index in [1.807, 2.05) is 0 Å². The molecule has 0 radical (unpaired) electrons. The molecule has 0 unspecified atom stereocenters. The first-order valence-electron chi connectivity index (χ1n) is 6.48. The van der Waals surface area contributed by atoms with Gasteiger partial charge in [-0.25, -0.2) is 4.39 Å². The Morgan fingerprint density at radius 3 is 2.74 bits per heavy atom. The van der Waals surface area contributed by atoms with Gasteiger partial charge in [0.25, 0.3) is 5.91 Å². The van der Waals surface area contributed by atoms with Crippen LogP contribution in [-0.4, -0.2) is 23.0 Å². The number of ether oxygens (including phenoxy) is 1. The summed E-state index contributed by atoms with van der Waals surface area (Å²) in [7, 11) is 1.40. The molecule has 0 saturated carbocycles. The number of carbonyl (C=O) groups excluding carboxylic acids is 1. The molecule has 1 amide bonds. The number of phenols is 1. The number of nitrogens with zero attached hydrogens (tertiary/aromatic N) is 1. The van der Waals surface area contributed by atoms with Crippen molar-refractivity contribution in [1.82, 2.24) is 0 Å². The van der Waals surface area contributed by atoms with E-state index < -0.39 is 28.1 Å². The van der Waals surface area contributed by atoms with Crippen molar-refractivity contribution in [1.29, 1.82) is 0 Å². The highest BCUT2D eigenvalue weighted by molar-refractivity contribution is 6.04. The maximum Gasteiger partial charge on any atom is 0.312 e. The van der Waals surface area contributed by atoms with Crippen molar-refractivity contribution >= 4 is 17.3 Å². The summed E-state index contributed by atoms with van der Waals surface area (Å²) in [5.41, 5.74) is 0.00473. The zero-order valence-corrected chi connectivity index (χ0v) is 12.1. The summed E-state index contributed by atoms with van der Waals surface area (Å²) < 4.78 is 18.4. The van der Waals surface area contributed by atoms with E-state index >= 15 is 0 Å². The molecule has 23 heavy (non-hydrogen) atoms. The molecule has 0 spiro atoms. The number of hydrogen-bond donors (Lipinski definition) is 2. The number of amides is 1. The second-order valence-corrected chi connectivity index (χ2v) is 4.65. The van der Waals surface area contributed by atoms with E-state index in [9.17, 15) is 24.4 Å². The third-order valence-corrected chi connectivity index (χ3v) is 3.04. The van der Waals surface area contributed by atoms with Gasteiger partial charge in [-0.15, -0.1) is 0 Å². The zero-order chi connectivity index (χ0) is 17.0. The van der Waals surface area contributed by atoms with Crippen LogP contribution >= 0.6 is 0 Å². The Kier molecular flexibility index (Phi) is 4.87. The lowest BCUT2D eigenvalue weighted by molar-refractivity contribution is -0.385. The molecule has 120 valence electrons. The summed E-state index contributed by atoms with van der Waals surface area (Å²) in [6.07, 6.45) is 0. The lowest BCUT2D eigenvalue weighted by Gasteiger charge is -2.08. The first-order chi connectivity index (χ1) is 10.9. The van der Waals surface area contributed by atoms with E-state index in [0.29, 0.717) is 0 Å². The van der Waals surface area contributed by atoms with Gasteiger partial charge in [0.15, 0.2) is 5.75 Å². The van der Waals surface area contributed by atoms with E-state index in [4.69, 9.17) is 4.74 Å². The van der Waals surface area contributed by atoms with Crippen molar-refractivity contribution < 1.29 is 24.0 Å². The van der Waals surface area contributed by atoms with Crippen LogP contribution in [0.1, 0.15) is 15.9 Å². The van der Waals surface area contributed by atoms with E-state index in [0.717, 1.165) is 18.2 Å². The number of anilines is 1. The number of carbonyl (C=O) groups is 1. The largest absolute Gasteiger partial charge is 0.502 e. The first kappa shape index (κ1) is 16.4. The normalized spacial score (nSPS) is 10.3. The Morgan fingerprint density at radius 1 is 1.35 bits per heavy atom. The lowest BCUT2D eigenvalue weighted by Crippen LogP contribution is -2.13. The number of nitro groups is 1. The number of hydrogen-bond acceptors (Lipinski definition) is 5. The Balaban J connectivity index is 2.24. The molecule has 2 aromatic carbocycles. The summed E-state index contributed by atoms with van der Waals surface area (Å²) in [4.78, 5) is 22.1. The summed E-state index contributed by atoms with van der Waals surface area (Å²) in [5.74, 6) is -1.57. The van der Waals surface area contributed by atoms with Crippen molar-refractivity contribution in [2.45, 2.75) is 6.61 Å². The minimum Gasteiger partial charge on any atom is -0.502 e. The standard InChI is InChI=1S/C15H13FN2O5/c1-23-8-10-6-9(2-4-12(10)16)15(20)17-11-3-5-14(19)13(7-11)18(21)22/h2-7,19H,8H2,1H3,(H,17,20). The van der Waals surface area contributed by atoms with Crippen molar-refractivity contribution in [2.24, 2.45) is 0 Å². The number of aromatic hydroxyl groups is 1. The summed E-state index contributed by atoms with van der Waals surface area (Å²) in [6.45, 7) is 0.0115. The van der Waals surface area contributed by atoms with Gasteiger partial charge < -0.3 is 15.2 Å². The lowest BCUT2D eigenvalue weighted by atomic mass is 10.1. The molecule has 0 fully saturated rings. The van der Waals surface area contributed by atoms with Crippen molar-refractivity contribution in [3.63, 3.8) is 0 Å². The van der Waals surface area contributed by atoms with Gasteiger partial charge in [-0.05, 0) is 30.3 Å². The fourth-order valence-electron chi connectivity index (χ4n) is 1.93. The smallest absolute Gasteiger partial charge is 0.312 e. The van der Waals surface area contributed by atoms with Crippen LogP contribution in [0.2, 0.25) is 0 Å². The second-order valence-electron chi connectivity index (χ2n) is 4.65. The van der Waals surface area contributed by atoms with E-state index in [1.165, 1.54) is 25.3 Å². The number of nitro benzene ring substituents is 1. The summed E-state index contributed by atoms with van der Waals surface area (Å²) >= 11 is 0. The Morgan fingerprint density at radius 2 is 2.09 bits per heavy atom. The van der Waals surface area contributed by atoms with Gasteiger partial charge in [-0.1, -0.05) is 0 Å². The predicted octanol–water partition coefficient (Wildman–Crippen LogP) is 2.84.